The van der Waals surface area contributed by atoms with Crippen LogP contribution < -0.4 is 29.6 Å². The lowest BCUT2D eigenvalue weighted by Crippen LogP contribution is -2.37. The number of carbonyl (C=O) groups is 1. The Bertz CT molecular complexity index is 735. The first-order chi connectivity index (χ1) is 12.3. The summed E-state index contributed by atoms with van der Waals surface area (Å²) in [4.78, 5) is 11.9. The molecule has 2 aromatic carbocycles. The summed E-state index contributed by atoms with van der Waals surface area (Å²) in [6, 6.07) is 12.5. The fourth-order valence-electron chi connectivity index (χ4n) is 2.32. The summed E-state index contributed by atoms with van der Waals surface area (Å²) in [6.45, 7) is 3.09. The van der Waals surface area contributed by atoms with Crippen LogP contribution in [0.2, 0.25) is 0 Å². The molecule has 7 heteroatoms. The Labute approximate surface area is 145 Å². The summed E-state index contributed by atoms with van der Waals surface area (Å²) >= 11 is 0. The van der Waals surface area contributed by atoms with E-state index in [2.05, 4.69) is 10.6 Å². The first kappa shape index (κ1) is 16.8. The van der Waals surface area contributed by atoms with Gasteiger partial charge in [0.1, 0.15) is 0 Å². The molecule has 25 heavy (non-hydrogen) atoms. The molecule has 0 spiro atoms. The van der Waals surface area contributed by atoms with Crippen LogP contribution in [0, 0.1) is 0 Å². The van der Waals surface area contributed by atoms with Crippen LogP contribution in [-0.2, 0) is 6.54 Å². The number of rotatable bonds is 7. The molecule has 1 aliphatic heterocycles. The van der Waals surface area contributed by atoms with Gasteiger partial charge in [-0.05, 0) is 36.8 Å². The van der Waals surface area contributed by atoms with Crippen LogP contribution in [-0.4, -0.2) is 26.2 Å². The Balaban J connectivity index is 1.43. The summed E-state index contributed by atoms with van der Waals surface area (Å²) in [6.07, 6.45) is 0. The summed E-state index contributed by atoms with van der Waals surface area (Å²) in [5.41, 5.74) is 0.919. The van der Waals surface area contributed by atoms with Gasteiger partial charge in [-0.2, -0.15) is 0 Å². The van der Waals surface area contributed by atoms with Gasteiger partial charge in [0.05, 0.1) is 6.61 Å². The number of hydrogen-bond acceptors (Lipinski definition) is 5. The van der Waals surface area contributed by atoms with Crippen LogP contribution in [0.25, 0.3) is 0 Å². The zero-order valence-corrected chi connectivity index (χ0v) is 13.9. The Kier molecular flexibility index (Phi) is 5.46. The van der Waals surface area contributed by atoms with Gasteiger partial charge in [-0.25, -0.2) is 4.79 Å². The lowest BCUT2D eigenvalue weighted by atomic mass is 10.2. The van der Waals surface area contributed by atoms with Gasteiger partial charge in [0, 0.05) is 6.54 Å². The van der Waals surface area contributed by atoms with Crippen LogP contribution in [0.3, 0.4) is 0 Å². The van der Waals surface area contributed by atoms with Crippen molar-refractivity contribution in [3.05, 3.63) is 48.0 Å². The minimum atomic E-state index is -0.327. The normalized spacial score (nSPS) is 11.7. The average Bonchev–Trinajstić information content (AvgIpc) is 3.09. The lowest BCUT2D eigenvalue weighted by molar-refractivity contribution is 0.174. The number of fused-ring (bicyclic) bond motifs is 1. The van der Waals surface area contributed by atoms with Crippen molar-refractivity contribution in [3.63, 3.8) is 0 Å². The van der Waals surface area contributed by atoms with E-state index in [0.29, 0.717) is 30.4 Å². The van der Waals surface area contributed by atoms with Crippen molar-refractivity contribution in [3.8, 4) is 23.0 Å². The Hall–Kier alpha value is -3.09. The molecule has 2 amide bonds. The molecule has 0 bridgehead atoms. The van der Waals surface area contributed by atoms with Gasteiger partial charge in [0.25, 0.3) is 0 Å². The number of urea groups is 1. The SMILES string of the molecule is CCOc1ccccc1OCNC(=O)NCc1ccc2c(c1)OCO2. The summed E-state index contributed by atoms with van der Waals surface area (Å²) in [5, 5.41) is 5.40. The topological polar surface area (TPSA) is 78.1 Å². The number of carbonyl (C=O) groups excluding carboxylic acids is 1. The van der Waals surface area contributed by atoms with Gasteiger partial charge in [-0.1, -0.05) is 18.2 Å². The Morgan fingerprint density at radius 3 is 2.60 bits per heavy atom. The molecule has 1 aliphatic rings. The van der Waals surface area contributed by atoms with Gasteiger partial charge >= 0.3 is 6.03 Å². The van der Waals surface area contributed by atoms with Crippen LogP contribution in [0.5, 0.6) is 23.0 Å². The second-order valence-electron chi connectivity index (χ2n) is 5.22. The third kappa shape index (κ3) is 4.47. The maximum atomic E-state index is 11.9. The highest BCUT2D eigenvalue weighted by atomic mass is 16.7. The summed E-state index contributed by atoms with van der Waals surface area (Å²) in [5.74, 6) is 2.64. The summed E-state index contributed by atoms with van der Waals surface area (Å²) < 4.78 is 21.6. The number of benzene rings is 2. The van der Waals surface area contributed by atoms with Crippen molar-refractivity contribution in [2.75, 3.05) is 20.1 Å². The third-order valence-electron chi connectivity index (χ3n) is 3.50. The molecule has 0 saturated heterocycles. The van der Waals surface area contributed by atoms with Gasteiger partial charge < -0.3 is 29.6 Å². The number of ether oxygens (including phenoxy) is 4. The predicted octanol–water partition coefficient (Wildman–Crippen LogP) is 2.65. The molecule has 0 unspecified atom stereocenters. The molecule has 0 fully saturated rings. The van der Waals surface area contributed by atoms with Crippen molar-refractivity contribution in [2.45, 2.75) is 13.5 Å². The second-order valence-corrected chi connectivity index (χ2v) is 5.22. The Morgan fingerprint density at radius 2 is 1.80 bits per heavy atom. The monoisotopic (exact) mass is 344 g/mol. The molecule has 2 N–H and O–H groups in total. The number of para-hydroxylation sites is 2. The van der Waals surface area contributed by atoms with Crippen molar-refractivity contribution in [2.24, 2.45) is 0 Å². The molecule has 0 aliphatic carbocycles. The van der Waals surface area contributed by atoms with Crippen LogP contribution in [0.15, 0.2) is 42.5 Å². The molecule has 3 rings (SSSR count). The standard InChI is InChI=1S/C18H20N2O5/c1-2-22-14-5-3-4-6-15(14)23-11-20-18(21)19-10-13-7-8-16-17(9-13)25-12-24-16/h3-9H,2,10-12H2,1H3,(H2,19,20,21). The van der Waals surface area contributed by atoms with Gasteiger partial charge in [0.2, 0.25) is 6.79 Å². The minimum absolute atomic E-state index is 0.0387. The van der Waals surface area contributed by atoms with Crippen LogP contribution >= 0.6 is 0 Å². The maximum Gasteiger partial charge on any atom is 0.317 e. The predicted molar refractivity (Wildman–Crippen MR) is 91.0 cm³/mol. The third-order valence-corrected chi connectivity index (χ3v) is 3.50. The number of nitrogens with one attached hydrogen (secondary N) is 2. The van der Waals surface area contributed by atoms with Crippen LogP contribution in [0.1, 0.15) is 12.5 Å². The first-order valence-corrected chi connectivity index (χ1v) is 8.01. The van der Waals surface area contributed by atoms with Crippen molar-refractivity contribution in [1.82, 2.24) is 10.6 Å². The molecule has 0 atom stereocenters. The fourth-order valence-corrected chi connectivity index (χ4v) is 2.32. The van der Waals surface area contributed by atoms with Crippen molar-refractivity contribution in [1.29, 1.82) is 0 Å². The number of amides is 2. The zero-order chi connectivity index (χ0) is 17.5. The van der Waals surface area contributed by atoms with Crippen LogP contribution in [0.4, 0.5) is 4.79 Å². The van der Waals surface area contributed by atoms with E-state index in [9.17, 15) is 4.79 Å². The van der Waals surface area contributed by atoms with Crippen molar-refractivity contribution >= 4 is 6.03 Å². The highest BCUT2D eigenvalue weighted by Crippen LogP contribution is 2.32. The molecule has 0 aromatic heterocycles. The molecule has 0 radical (unpaired) electrons. The minimum Gasteiger partial charge on any atom is -0.490 e. The molecule has 132 valence electrons. The van der Waals surface area contributed by atoms with E-state index in [-0.39, 0.29) is 19.6 Å². The molecule has 1 heterocycles. The van der Waals surface area contributed by atoms with Crippen molar-refractivity contribution < 1.29 is 23.7 Å². The summed E-state index contributed by atoms with van der Waals surface area (Å²) in [7, 11) is 0. The van der Waals surface area contributed by atoms with E-state index in [4.69, 9.17) is 18.9 Å². The van der Waals surface area contributed by atoms with Gasteiger partial charge in [0.15, 0.2) is 29.7 Å². The number of hydrogen-bond donors (Lipinski definition) is 2. The van der Waals surface area contributed by atoms with E-state index in [1.165, 1.54) is 0 Å². The molecule has 7 nitrogen and oxygen atoms in total. The smallest absolute Gasteiger partial charge is 0.317 e. The quantitative estimate of drug-likeness (QED) is 0.755. The second kappa shape index (κ2) is 8.14. The highest BCUT2D eigenvalue weighted by Gasteiger charge is 2.13. The van der Waals surface area contributed by atoms with E-state index in [1.54, 1.807) is 6.07 Å². The first-order valence-electron chi connectivity index (χ1n) is 8.01. The highest BCUT2D eigenvalue weighted by molar-refractivity contribution is 5.73. The fraction of sp³-hybridized carbons (Fsp3) is 0.278. The van der Waals surface area contributed by atoms with E-state index in [0.717, 1.165) is 11.3 Å². The zero-order valence-electron chi connectivity index (χ0n) is 13.9. The molecular weight excluding hydrogens is 324 g/mol. The lowest BCUT2D eigenvalue weighted by Gasteiger charge is -2.12. The van der Waals surface area contributed by atoms with E-state index < -0.39 is 0 Å². The average molecular weight is 344 g/mol. The van der Waals surface area contributed by atoms with Gasteiger partial charge in [-0.3, -0.25) is 0 Å². The molecular formula is C18H20N2O5. The Morgan fingerprint density at radius 1 is 1.04 bits per heavy atom. The molecule has 0 saturated carbocycles. The van der Waals surface area contributed by atoms with E-state index >= 15 is 0 Å². The van der Waals surface area contributed by atoms with E-state index in [1.807, 2.05) is 43.3 Å². The largest absolute Gasteiger partial charge is 0.490 e. The molecule has 2 aromatic rings. The maximum absolute atomic E-state index is 11.9. The van der Waals surface area contributed by atoms with Gasteiger partial charge in [-0.15, -0.1) is 0 Å².